The minimum absolute atomic E-state index is 0.0322. The molecule has 0 radical (unpaired) electrons. The van der Waals surface area contributed by atoms with E-state index in [1.165, 1.54) is 13.0 Å². The van der Waals surface area contributed by atoms with Crippen molar-refractivity contribution in [2.75, 3.05) is 13.7 Å². The Kier molecular flexibility index (Phi) is 5.99. The van der Waals surface area contributed by atoms with Gasteiger partial charge in [-0.2, -0.15) is 0 Å². The van der Waals surface area contributed by atoms with Crippen LogP contribution in [0.3, 0.4) is 0 Å². The average Bonchev–Trinajstić information content (AvgIpc) is 2.57. The standard InChI is InChI=1S/C16H17ClN2O5S/c1-11-15(17)9-14(10-16(11)19(20)21)25(22,23)18-8-7-12-3-5-13(24-2)6-4-12/h3-6,9-10,18H,7-8H2,1-2H3. The Balaban J connectivity index is 2.12. The lowest BCUT2D eigenvalue weighted by atomic mass is 10.1. The predicted octanol–water partition coefficient (Wildman–Crippen LogP) is 3.09. The molecule has 0 fully saturated rings. The normalized spacial score (nSPS) is 11.3. The fourth-order valence-electron chi connectivity index (χ4n) is 2.19. The van der Waals surface area contributed by atoms with Crippen LogP contribution in [0.2, 0.25) is 5.02 Å². The van der Waals surface area contributed by atoms with Gasteiger partial charge < -0.3 is 4.74 Å². The molecule has 25 heavy (non-hydrogen) atoms. The van der Waals surface area contributed by atoms with Gasteiger partial charge in [-0.3, -0.25) is 10.1 Å². The molecule has 0 heterocycles. The molecule has 0 saturated heterocycles. The van der Waals surface area contributed by atoms with Gasteiger partial charge in [-0.1, -0.05) is 23.7 Å². The van der Waals surface area contributed by atoms with E-state index in [0.29, 0.717) is 12.2 Å². The number of nitrogens with one attached hydrogen (secondary N) is 1. The van der Waals surface area contributed by atoms with Crippen molar-refractivity contribution in [1.29, 1.82) is 0 Å². The van der Waals surface area contributed by atoms with Crippen molar-refractivity contribution in [2.45, 2.75) is 18.2 Å². The van der Waals surface area contributed by atoms with Crippen LogP contribution in [0, 0.1) is 17.0 Å². The minimum atomic E-state index is -3.90. The molecule has 0 aliphatic carbocycles. The summed E-state index contributed by atoms with van der Waals surface area (Å²) in [5.74, 6) is 0.714. The zero-order chi connectivity index (χ0) is 18.6. The van der Waals surface area contributed by atoms with Crippen molar-refractivity contribution in [3.8, 4) is 5.75 Å². The zero-order valence-electron chi connectivity index (χ0n) is 13.7. The van der Waals surface area contributed by atoms with Crippen LogP contribution in [0.1, 0.15) is 11.1 Å². The third-order valence-electron chi connectivity index (χ3n) is 3.66. The molecule has 0 bridgehead atoms. The van der Waals surface area contributed by atoms with E-state index in [2.05, 4.69) is 4.72 Å². The first-order valence-electron chi connectivity index (χ1n) is 7.31. The number of rotatable bonds is 7. The lowest BCUT2D eigenvalue weighted by Crippen LogP contribution is -2.26. The van der Waals surface area contributed by atoms with E-state index in [4.69, 9.17) is 16.3 Å². The molecule has 1 N–H and O–H groups in total. The Morgan fingerprint density at radius 1 is 1.24 bits per heavy atom. The fourth-order valence-corrected chi connectivity index (χ4v) is 3.55. The van der Waals surface area contributed by atoms with E-state index in [1.807, 2.05) is 12.1 Å². The fraction of sp³-hybridized carbons (Fsp3) is 0.250. The van der Waals surface area contributed by atoms with E-state index in [0.717, 1.165) is 11.6 Å². The molecular weight excluding hydrogens is 368 g/mol. The van der Waals surface area contributed by atoms with Crippen molar-refractivity contribution < 1.29 is 18.1 Å². The highest BCUT2D eigenvalue weighted by atomic mass is 35.5. The summed E-state index contributed by atoms with van der Waals surface area (Å²) in [6.07, 6.45) is 0.463. The predicted molar refractivity (Wildman–Crippen MR) is 94.7 cm³/mol. The van der Waals surface area contributed by atoms with Crippen molar-refractivity contribution in [1.82, 2.24) is 4.72 Å². The number of ether oxygens (including phenoxy) is 1. The van der Waals surface area contributed by atoms with Gasteiger partial charge in [0.15, 0.2) is 0 Å². The number of nitro benzene ring substituents is 1. The third kappa shape index (κ3) is 4.68. The molecule has 2 rings (SSSR count). The highest BCUT2D eigenvalue weighted by Gasteiger charge is 2.22. The van der Waals surface area contributed by atoms with Gasteiger partial charge in [-0.25, -0.2) is 13.1 Å². The topological polar surface area (TPSA) is 98.5 Å². The summed E-state index contributed by atoms with van der Waals surface area (Å²) in [7, 11) is -2.34. The Morgan fingerprint density at radius 2 is 1.88 bits per heavy atom. The zero-order valence-corrected chi connectivity index (χ0v) is 15.2. The second-order valence-electron chi connectivity index (χ2n) is 5.30. The first-order chi connectivity index (χ1) is 11.7. The summed E-state index contributed by atoms with van der Waals surface area (Å²) in [4.78, 5) is 10.1. The van der Waals surface area contributed by atoms with Crippen molar-refractivity contribution >= 4 is 27.3 Å². The molecule has 0 atom stereocenters. The maximum absolute atomic E-state index is 12.3. The van der Waals surface area contributed by atoms with Gasteiger partial charge in [0.25, 0.3) is 5.69 Å². The summed E-state index contributed by atoms with van der Waals surface area (Å²) < 4.78 is 32.2. The van der Waals surface area contributed by atoms with Gasteiger partial charge in [-0.05, 0) is 37.1 Å². The van der Waals surface area contributed by atoms with Crippen LogP contribution in [-0.2, 0) is 16.4 Å². The van der Waals surface area contributed by atoms with Gasteiger partial charge in [0.1, 0.15) is 5.75 Å². The third-order valence-corrected chi connectivity index (χ3v) is 5.50. The Bertz CT molecular complexity index is 882. The number of benzene rings is 2. The van der Waals surface area contributed by atoms with Gasteiger partial charge in [-0.15, -0.1) is 0 Å². The molecule has 9 heteroatoms. The highest BCUT2D eigenvalue weighted by Crippen LogP contribution is 2.29. The van der Waals surface area contributed by atoms with Crippen molar-refractivity contribution in [3.05, 3.63) is 62.7 Å². The van der Waals surface area contributed by atoms with Crippen molar-refractivity contribution in [2.24, 2.45) is 0 Å². The molecule has 0 amide bonds. The van der Waals surface area contributed by atoms with Gasteiger partial charge in [0.2, 0.25) is 10.0 Å². The molecule has 2 aromatic rings. The molecule has 0 saturated carbocycles. The van der Waals surface area contributed by atoms with Crippen LogP contribution in [0.15, 0.2) is 41.3 Å². The minimum Gasteiger partial charge on any atom is -0.497 e. The SMILES string of the molecule is COc1ccc(CCNS(=O)(=O)c2cc(Cl)c(C)c([N+](=O)[O-])c2)cc1. The molecule has 0 spiro atoms. The van der Waals surface area contributed by atoms with E-state index in [9.17, 15) is 18.5 Å². The molecule has 0 aliphatic rings. The summed E-state index contributed by atoms with van der Waals surface area (Å²) in [6.45, 7) is 1.61. The lowest BCUT2D eigenvalue weighted by Gasteiger charge is -2.09. The smallest absolute Gasteiger partial charge is 0.275 e. The number of hydrogen-bond acceptors (Lipinski definition) is 5. The number of sulfonamides is 1. The average molecular weight is 385 g/mol. The molecule has 0 unspecified atom stereocenters. The monoisotopic (exact) mass is 384 g/mol. The molecule has 0 aromatic heterocycles. The molecule has 7 nitrogen and oxygen atoms in total. The lowest BCUT2D eigenvalue weighted by molar-refractivity contribution is -0.385. The number of nitrogens with zero attached hydrogens (tertiary/aromatic N) is 1. The summed E-state index contributed by atoms with van der Waals surface area (Å²) >= 11 is 5.92. The second kappa shape index (κ2) is 7.81. The maximum atomic E-state index is 12.3. The first-order valence-corrected chi connectivity index (χ1v) is 9.18. The molecule has 134 valence electrons. The van der Waals surface area contributed by atoms with Crippen LogP contribution in [0.25, 0.3) is 0 Å². The van der Waals surface area contributed by atoms with E-state index in [1.54, 1.807) is 19.2 Å². The Morgan fingerprint density at radius 3 is 2.44 bits per heavy atom. The molecular formula is C16H17ClN2O5S. The van der Waals surface area contributed by atoms with Crippen LogP contribution in [0.5, 0.6) is 5.75 Å². The van der Waals surface area contributed by atoms with E-state index >= 15 is 0 Å². The van der Waals surface area contributed by atoms with Gasteiger partial charge >= 0.3 is 0 Å². The Hall–Kier alpha value is -2.16. The van der Waals surface area contributed by atoms with Crippen LogP contribution in [-0.4, -0.2) is 27.0 Å². The van der Waals surface area contributed by atoms with E-state index < -0.39 is 14.9 Å². The Labute approximate surface area is 150 Å². The number of methoxy groups -OCH3 is 1. The second-order valence-corrected chi connectivity index (χ2v) is 7.48. The van der Waals surface area contributed by atoms with Crippen LogP contribution >= 0.6 is 11.6 Å². The summed E-state index contributed by atoms with van der Waals surface area (Å²) in [5.41, 5.74) is 0.822. The van der Waals surface area contributed by atoms with Gasteiger partial charge in [0, 0.05) is 18.2 Å². The van der Waals surface area contributed by atoms with E-state index in [-0.39, 0.29) is 27.7 Å². The highest BCUT2D eigenvalue weighted by molar-refractivity contribution is 7.89. The number of nitro groups is 1. The van der Waals surface area contributed by atoms with Crippen molar-refractivity contribution in [3.63, 3.8) is 0 Å². The molecule has 2 aromatic carbocycles. The van der Waals surface area contributed by atoms with Gasteiger partial charge in [0.05, 0.1) is 22.0 Å². The quantitative estimate of drug-likeness (QED) is 0.584. The summed E-state index contributed by atoms with van der Waals surface area (Å²) in [5, 5.41) is 11.1. The van der Waals surface area contributed by atoms with Crippen LogP contribution in [0.4, 0.5) is 5.69 Å². The maximum Gasteiger partial charge on any atom is 0.275 e. The number of halogens is 1. The first kappa shape index (κ1) is 19.2. The largest absolute Gasteiger partial charge is 0.497 e. The number of hydrogen-bond donors (Lipinski definition) is 1. The molecule has 0 aliphatic heterocycles. The van der Waals surface area contributed by atoms with Crippen LogP contribution < -0.4 is 9.46 Å². The summed E-state index contributed by atoms with van der Waals surface area (Å²) in [6, 6.07) is 9.46.